The van der Waals surface area contributed by atoms with Crippen LogP contribution >= 0.6 is 0 Å². The summed E-state index contributed by atoms with van der Waals surface area (Å²) in [5.74, 6) is 0.626. The highest BCUT2D eigenvalue weighted by molar-refractivity contribution is 5.83. The molecule has 1 rings (SSSR count). The van der Waals surface area contributed by atoms with Crippen molar-refractivity contribution in [3.8, 4) is 0 Å². The molecule has 1 aromatic rings. The van der Waals surface area contributed by atoms with Crippen molar-refractivity contribution in [2.24, 2.45) is 0 Å². The summed E-state index contributed by atoms with van der Waals surface area (Å²) in [6.07, 6.45) is 0. The van der Waals surface area contributed by atoms with E-state index in [0.29, 0.717) is 5.82 Å². The van der Waals surface area contributed by atoms with Crippen molar-refractivity contribution in [1.29, 1.82) is 0 Å². The van der Waals surface area contributed by atoms with Gasteiger partial charge in [0.05, 0.1) is 5.69 Å². The van der Waals surface area contributed by atoms with Crippen LogP contribution in [0.25, 0.3) is 0 Å². The molecule has 0 saturated heterocycles. The molecule has 0 aliphatic heterocycles. The number of aromatic nitrogens is 2. The van der Waals surface area contributed by atoms with Crippen LogP contribution in [0.5, 0.6) is 0 Å². The van der Waals surface area contributed by atoms with Gasteiger partial charge in [-0.15, -0.1) is 5.10 Å². The van der Waals surface area contributed by atoms with Crippen molar-refractivity contribution in [2.75, 3.05) is 19.4 Å². The third-order valence-electron chi connectivity index (χ3n) is 1.97. The van der Waals surface area contributed by atoms with Crippen LogP contribution in [0.2, 0.25) is 0 Å². The number of aryl methyl sites for hydroxylation is 1. The monoisotopic (exact) mass is 208 g/mol. The SMILES string of the molecule is Cc1ccc(NC(C)C(=O)N(C)C)nn1. The van der Waals surface area contributed by atoms with Crippen LogP contribution in [0.3, 0.4) is 0 Å². The zero-order valence-corrected chi connectivity index (χ0v) is 9.48. The summed E-state index contributed by atoms with van der Waals surface area (Å²) in [5, 5.41) is 10.8. The topological polar surface area (TPSA) is 58.1 Å². The van der Waals surface area contributed by atoms with E-state index in [1.165, 1.54) is 0 Å². The van der Waals surface area contributed by atoms with Crippen molar-refractivity contribution in [3.05, 3.63) is 17.8 Å². The molecule has 1 heterocycles. The molecule has 0 aliphatic rings. The Balaban J connectivity index is 2.62. The van der Waals surface area contributed by atoms with Gasteiger partial charge in [-0.1, -0.05) is 0 Å². The molecule has 1 unspecified atom stereocenters. The maximum absolute atomic E-state index is 11.5. The Hall–Kier alpha value is -1.65. The number of nitrogens with zero attached hydrogens (tertiary/aromatic N) is 3. The van der Waals surface area contributed by atoms with E-state index in [1.807, 2.05) is 19.1 Å². The Morgan fingerprint density at radius 2 is 2.07 bits per heavy atom. The molecule has 0 radical (unpaired) electrons. The van der Waals surface area contributed by atoms with Gasteiger partial charge in [0.1, 0.15) is 11.9 Å². The molecule has 1 aromatic heterocycles. The molecule has 1 N–H and O–H groups in total. The van der Waals surface area contributed by atoms with E-state index in [0.717, 1.165) is 5.69 Å². The number of hydrogen-bond donors (Lipinski definition) is 1. The fraction of sp³-hybridized carbons (Fsp3) is 0.500. The van der Waals surface area contributed by atoms with Gasteiger partial charge in [-0.25, -0.2) is 0 Å². The number of likely N-dealkylation sites (N-methyl/N-ethyl adjacent to an activating group) is 1. The van der Waals surface area contributed by atoms with Crippen molar-refractivity contribution in [3.63, 3.8) is 0 Å². The van der Waals surface area contributed by atoms with Gasteiger partial charge in [0.2, 0.25) is 5.91 Å². The quantitative estimate of drug-likeness (QED) is 0.793. The number of carbonyl (C=O) groups excluding carboxylic acids is 1. The van der Waals surface area contributed by atoms with Gasteiger partial charge in [-0.3, -0.25) is 4.79 Å². The van der Waals surface area contributed by atoms with Gasteiger partial charge in [0.15, 0.2) is 0 Å². The highest BCUT2D eigenvalue weighted by Crippen LogP contribution is 2.04. The maximum Gasteiger partial charge on any atom is 0.244 e. The first kappa shape index (κ1) is 11.4. The van der Waals surface area contributed by atoms with Crippen molar-refractivity contribution in [1.82, 2.24) is 15.1 Å². The third kappa shape index (κ3) is 3.19. The standard InChI is InChI=1S/C10H16N4O/c1-7-5-6-9(13-12-7)11-8(2)10(15)14(3)4/h5-6,8H,1-4H3,(H,11,13). The highest BCUT2D eigenvalue weighted by Gasteiger charge is 2.14. The average Bonchev–Trinajstić information content (AvgIpc) is 2.20. The van der Waals surface area contributed by atoms with Gasteiger partial charge in [-0.05, 0) is 26.0 Å². The van der Waals surface area contributed by atoms with Crippen LogP contribution in [-0.4, -0.2) is 41.1 Å². The first-order valence-corrected chi connectivity index (χ1v) is 4.78. The molecular weight excluding hydrogens is 192 g/mol. The minimum Gasteiger partial charge on any atom is -0.357 e. The van der Waals surface area contributed by atoms with E-state index in [2.05, 4.69) is 15.5 Å². The molecule has 15 heavy (non-hydrogen) atoms. The molecule has 0 spiro atoms. The van der Waals surface area contributed by atoms with E-state index < -0.39 is 0 Å². The predicted octanol–water partition coefficient (Wildman–Crippen LogP) is 0.674. The Morgan fingerprint density at radius 3 is 2.53 bits per heavy atom. The normalized spacial score (nSPS) is 12.0. The van der Waals surface area contributed by atoms with Gasteiger partial charge in [0.25, 0.3) is 0 Å². The number of amides is 1. The van der Waals surface area contributed by atoms with Gasteiger partial charge < -0.3 is 10.2 Å². The zero-order chi connectivity index (χ0) is 11.4. The second-order valence-corrected chi connectivity index (χ2v) is 3.66. The summed E-state index contributed by atoms with van der Waals surface area (Å²) in [6.45, 7) is 3.66. The minimum atomic E-state index is -0.294. The second kappa shape index (κ2) is 4.72. The second-order valence-electron chi connectivity index (χ2n) is 3.66. The predicted molar refractivity (Wildman–Crippen MR) is 58.5 cm³/mol. The van der Waals surface area contributed by atoms with E-state index >= 15 is 0 Å². The molecule has 0 aliphatic carbocycles. The van der Waals surface area contributed by atoms with E-state index in [4.69, 9.17) is 0 Å². The lowest BCUT2D eigenvalue weighted by Gasteiger charge is -2.17. The molecule has 0 aromatic carbocycles. The van der Waals surface area contributed by atoms with Crippen molar-refractivity contribution < 1.29 is 4.79 Å². The summed E-state index contributed by atoms with van der Waals surface area (Å²) < 4.78 is 0. The number of rotatable bonds is 3. The molecule has 1 amide bonds. The summed E-state index contributed by atoms with van der Waals surface area (Å²) >= 11 is 0. The molecule has 0 fully saturated rings. The number of hydrogen-bond acceptors (Lipinski definition) is 4. The Kier molecular flexibility index (Phi) is 3.60. The first-order valence-electron chi connectivity index (χ1n) is 4.78. The van der Waals surface area contributed by atoms with E-state index in [-0.39, 0.29) is 11.9 Å². The Bertz CT molecular complexity index is 334. The largest absolute Gasteiger partial charge is 0.357 e. The summed E-state index contributed by atoms with van der Waals surface area (Å²) in [7, 11) is 3.45. The van der Waals surface area contributed by atoms with E-state index in [9.17, 15) is 4.79 Å². The number of anilines is 1. The smallest absolute Gasteiger partial charge is 0.244 e. The molecule has 82 valence electrons. The summed E-state index contributed by atoms with van der Waals surface area (Å²) in [6, 6.07) is 3.36. The van der Waals surface area contributed by atoms with Crippen LogP contribution in [-0.2, 0) is 4.79 Å². The van der Waals surface area contributed by atoms with Crippen LogP contribution in [0.15, 0.2) is 12.1 Å². The molecule has 0 bridgehead atoms. The van der Waals surface area contributed by atoms with Gasteiger partial charge >= 0.3 is 0 Å². The number of nitrogens with one attached hydrogen (secondary N) is 1. The highest BCUT2D eigenvalue weighted by atomic mass is 16.2. The van der Waals surface area contributed by atoms with Gasteiger partial charge in [0, 0.05) is 14.1 Å². The molecular formula is C10H16N4O. The molecule has 5 nitrogen and oxygen atoms in total. The average molecular weight is 208 g/mol. The summed E-state index contributed by atoms with van der Waals surface area (Å²) in [5.41, 5.74) is 0.854. The fourth-order valence-corrected chi connectivity index (χ4v) is 1.15. The molecule has 0 saturated carbocycles. The maximum atomic E-state index is 11.5. The lowest BCUT2D eigenvalue weighted by molar-refractivity contribution is -0.129. The minimum absolute atomic E-state index is 0.0115. The molecule has 5 heteroatoms. The zero-order valence-electron chi connectivity index (χ0n) is 9.48. The van der Waals surface area contributed by atoms with Crippen molar-refractivity contribution >= 4 is 11.7 Å². The third-order valence-corrected chi connectivity index (χ3v) is 1.97. The Labute approximate surface area is 89.5 Å². The summed E-state index contributed by atoms with van der Waals surface area (Å²) in [4.78, 5) is 13.1. The van der Waals surface area contributed by atoms with Gasteiger partial charge in [-0.2, -0.15) is 5.10 Å². The first-order chi connectivity index (χ1) is 7.00. The van der Waals surface area contributed by atoms with Crippen LogP contribution < -0.4 is 5.32 Å². The fourth-order valence-electron chi connectivity index (χ4n) is 1.15. The Morgan fingerprint density at radius 1 is 1.40 bits per heavy atom. The van der Waals surface area contributed by atoms with Crippen LogP contribution in [0.4, 0.5) is 5.82 Å². The number of carbonyl (C=O) groups is 1. The van der Waals surface area contributed by atoms with Crippen molar-refractivity contribution in [2.45, 2.75) is 19.9 Å². The van der Waals surface area contributed by atoms with E-state index in [1.54, 1.807) is 25.9 Å². The molecule has 1 atom stereocenters. The lowest BCUT2D eigenvalue weighted by atomic mass is 10.3. The lowest BCUT2D eigenvalue weighted by Crippen LogP contribution is -2.36. The van der Waals surface area contributed by atoms with Crippen LogP contribution in [0, 0.1) is 6.92 Å². The van der Waals surface area contributed by atoms with Crippen LogP contribution in [0.1, 0.15) is 12.6 Å².